The molecular formula is C12H13BrO3. The van der Waals surface area contributed by atoms with E-state index < -0.39 is 0 Å². The molecular weight excluding hydrogens is 272 g/mol. The molecule has 0 saturated carbocycles. The molecule has 0 aliphatic carbocycles. The van der Waals surface area contributed by atoms with Crippen LogP contribution in [-0.2, 0) is 21.3 Å². The van der Waals surface area contributed by atoms with Crippen LogP contribution in [0.2, 0.25) is 0 Å². The number of benzene rings is 1. The van der Waals surface area contributed by atoms with Gasteiger partial charge in [-0.05, 0) is 23.6 Å². The predicted octanol–water partition coefficient (Wildman–Crippen LogP) is 2.50. The maximum absolute atomic E-state index is 11.5. The summed E-state index contributed by atoms with van der Waals surface area (Å²) in [5.74, 6) is -0.359. The SMILES string of the molecule is COC(=O)c1ccc(CBr)cc1CCC=O. The molecule has 0 heterocycles. The monoisotopic (exact) mass is 284 g/mol. The zero-order valence-corrected chi connectivity index (χ0v) is 10.6. The Morgan fingerprint density at radius 3 is 2.81 bits per heavy atom. The molecule has 0 unspecified atom stereocenters. The van der Waals surface area contributed by atoms with E-state index in [0.717, 1.165) is 22.7 Å². The lowest BCUT2D eigenvalue weighted by Gasteiger charge is -2.08. The standard InChI is InChI=1S/C12H13BrO3/c1-16-12(15)11-5-4-9(8-13)7-10(11)3-2-6-14/h4-7H,2-3,8H2,1H3. The summed E-state index contributed by atoms with van der Waals surface area (Å²) in [5.41, 5.74) is 2.47. The minimum absolute atomic E-state index is 0.359. The lowest BCUT2D eigenvalue weighted by atomic mass is 10.0. The summed E-state index contributed by atoms with van der Waals surface area (Å²) < 4.78 is 4.69. The second kappa shape index (κ2) is 6.43. The van der Waals surface area contributed by atoms with E-state index in [1.165, 1.54) is 7.11 Å². The highest BCUT2D eigenvalue weighted by Crippen LogP contribution is 2.16. The highest BCUT2D eigenvalue weighted by Gasteiger charge is 2.11. The van der Waals surface area contributed by atoms with Gasteiger partial charge in [-0.25, -0.2) is 4.79 Å². The largest absolute Gasteiger partial charge is 0.465 e. The molecule has 0 aliphatic heterocycles. The van der Waals surface area contributed by atoms with Crippen molar-refractivity contribution < 1.29 is 14.3 Å². The molecule has 0 fully saturated rings. The second-order valence-electron chi connectivity index (χ2n) is 3.32. The van der Waals surface area contributed by atoms with Crippen LogP contribution in [0.5, 0.6) is 0 Å². The van der Waals surface area contributed by atoms with Crippen molar-refractivity contribution in [2.45, 2.75) is 18.2 Å². The van der Waals surface area contributed by atoms with E-state index in [0.29, 0.717) is 18.4 Å². The number of esters is 1. The number of aryl methyl sites for hydroxylation is 1. The number of carbonyl (C=O) groups is 2. The molecule has 0 N–H and O–H groups in total. The molecule has 0 radical (unpaired) electrons. The fourth-order valence-corrected chi connectivity index (χ4v) is 1.81. The van der Waals surface area contributed by atoms with E-state index in [-0.39, 0.29) is 5.97 Å². The Morgan fingerprint density at radius 1 is 1.50 bits per heavy atom. The quantitative estimate of drug-likeness (QED) is 0.474. The van der Waals surface area contributed by atoms with Crippen molar-refractivity contribution in [3.63, 3.8) is 0 Å². The number of alkyl halides is 1. The van der Waals surface area contributed by atoms with Gasteiger partial charge in [0.2, 0.25) is 0 Å². The third-order valence-corrected chi connectivity index (χ3v) is 2.91. The third kappa shape index (κ3) is 3.17. The van der Waals surface area contributed by atoms with Gasteiger partial charge >= 0.3 is 5.97 Å². The number of aldehydes is 1. The van der Waals surface area contributed by atoms with E-state index in [4.69, 9.17) is 4.74 Å². The molecule has 1 aromatic rings. The van der Waals surface area contributed by atoms with Gasteiger partial charge in [0.25, 0.3) is 0 Å². The zero-order chi connectivity index (χ0) is 12.0. The number of hydrogen-bond donors (Lipinski definition) is 0. The summed E-state index contributed by atoms with van der Waals surface area (Å²) in [6, 6.07) is 5.53. The topological polar surface area (TPSA) is 43.4 Å². The van der Waals surface area contributed by atoms with Crippen molar-refractivity contribution in [1.29, 1.82) is 0 Å². The summed E-state index contributed by atoms with van der Waals surface area (Å²) in [6.07, 6.45) is 1.83. The number of rotatable bonds is 5. The zero-order valence-electron chi connectivity index (χ0n) is 9.03. The Morgan fingerprint density at radius 2 is 2.25 bits per heavy atom. The smallest absolute Gasteiger partial charge is 0.338 e. The van der Waals surface area contributed by atoms with Crippen LogP contribution < -0.4 is 0 Å². The molecule has 0 spiro atoms. The molecule has 16 heavy (non-hydrogen) atoms. The van der Waals surface area contributed by atoms with Crippen LogP contribution in [0, 0.1) is 0 Å². The average Bonchev–Trinajstić information content (AvgIpc) is 2.34. The van der Waals surface area contributed by atoms with Crippen molar-refractivity contribution in [2.75, 3.05) is 7.11 Å². The van der Waals surface area contributed by atoms with Crippen molar-refractivity contribution in [3.05, 3.63) is 34.9 Å². The molecule has 1 aromatic carbocycles. The van der Waals surface area contributed by atoms with E-state index in [1.807, 2.05) is 12.1 Å². The summed E-state index contributed by atoms with van der Waals surface area (Å²) in [7, 11) is 1.35. The van der Waals surface area contributed by atoms with E-state index >= 15 is 0 Å². The van der Waals surface area contributed by atoms with Gasteiger partial charge in [-0.2, -0.15) is 0 Å². The van der Waals surface area contributed by atoms with Gasteiger partial charge < -0.3 is 9.53 Å². The number of hydrogen-bond acceptors (Lipinski definition) is 3. The molecule has 0 atom stereocenters. The Balaban J connectivity index is 3.05. The van der Waals surface area contributed by atoms with Crippen molar-refractivity contribution >= 4 is 28.2 Å². The Labute approximate surface area is 103 Å². The molecule has 0 bridgehead atoms. The van der Waals surface area contributed by atoms with E-state index in [9.17, 15) is 9.59 Å². The van der Waals surface area contributed by atoms with Crippen LogP contribution >= 0.6 is 15.9 Å². The molecule has 0 aliphatic rings. The second-order valence-corrected chi connectivity index (χ2v) is 3.88. The fourth-order valence-electron chi connectivity index (χ4n) is 1.46. The van der Waals surface area contributed by atoms with Gasteiger partial charge in [0.15, 0.2) is 0 Å². The first-order chi connectivity index (χ1) is 7.72. The number of ether oxygens (including phenoxy) is 1. The van der Waals surface area contributed by atoms with Crippen LogP contribution in [0.3, 0.4) is 0 Å². The molecule has 3 nitrogen and oxygen atoms in total. The molecule has 0 amide bonds. The maximum atomic E-state index is 11.5. The van der Waals surface area contributed by atoms with Gasteiger partial charge in [0.1, 0.15) is 6.29 Å². The van der Waals surface area contributed by atoms with E-state index in [2.05, 4.69) is 15.9 Å². The average molecular weight is 285 g/mol. The van der Waals surface area contributed by atoms with Crippen LogP contribution in [0.1, 0.15) is 27.9 Å². The van der Waals surface area contributed by atoms with Crippen molar-refractivity contribution in [1.82, 2.24) is 0 Å². The Bertz CT molecular complexity index is 388. The first kappa shape index (κ1) is 12.9. The lowest BCUT2D eigenvalue weighted by Crippen LogP contribution is -2.06. The fraction of sp³-hybridized carbons (Fsp3) is 0.333. The molecule has 86 valence electrons. The first-order valence-corrected chi connectivity index (χ1v) is 6.04. The van der Waals surface area contributed by atoms with Crippen LogP contribution in [-0.4, -0.2) is 19.4 Å². The first-order valence-electron chi connectivity index (χ1n) is 4.92. The number of methoxy groups -OCH3 is 1. The molecule has 4 heteroatoms. The lowest BCUT2D eigenvalue weighted by molar-refractivity contribution is -0.107. The van der Waals surface area contributed by atoms with Crippen LogP contribution in [0.4, 0.5) is 0 Å². The summed E-state index contributed by atoms with van der Waals surface area (Å²) in [5, 5.41) is 0.725. The highest BCUT2D eigenvalue weighted by atomic mass is 79.9. The Hall–Kier alpha value is -1.16. The minimum atomic E-state index is -0.359. The minimum Gasteiger partial charge on any atom is -0.465 e. The molecule has 1 rings (SSSR count). The van der Waals surface area contributed by atoms with E-state index in [1.54, 1.807) is 6.07 Å². The third-order valence-electron chi connectivity index (χ3n) is 2.26. The Kier molecular flexibility index (Phi) is 5.19. The normalized spacial score (nSPS) is 9.88. The van der Waals surface area contributed by atoms with Gasteiger partial charge in [0, 0.05) is 11.8 Å². The highest BCUT2D eigenvalue weighted by molar-refractivity contribution is 9.08. The molecule has 0 saturated heterocycles. The summed E-state index contributed by atoms with van der Waals surface area (Å²) in [6.45, 7) is 0. The number of halogens is 1. The summed E-state index contributed by atoms with van der Waals surface area (Å²) >= 11 is 3.35. The maximum Gasteiger partial charge on any atom is 0.338 e. The van der Waals surface area contributed by atoms with Gasteiger partial charge in [-0.15, -0.1) is 0 Å². The summed E-state index contributed by atoms with van der Waals surface area (Å²) in [4.78, 5) is 21.8. The van der Waals surface area contributed by atoms with Gasteiger partial charge in [0.05, 0.1) is 12.7 Å². The predicted molar refractivity (Wildman–Crippen MR) is 64.8 cm³/mol. The van der Waals surface area contributed by atoms with Crippen LogP contribution in [0.15, 0.2) is 18.2 Å². The van der Waals surface area contributed by atoms with Crippen molar-refractivity contribution in [3.8, 4) is 0 Å². The van der Waals surface area contributed by atoms with Gasteiger partial charge in [-0.1, -0.05) is 28.1 Å². The van der Waals surface area contributed by atoms with Crippen LogP contribution in [0.25, 0.3) is 0 Å². The van der Waals surface area contributed by atoms with Gasteiger partial charge in [-0.3, -0.25) is 0 Å². The number of carbonyl (C=O) groups excluding carboxylic acids is 2. The van der Waals surface area contributed by atoms with Crippen molar-refractivity contribution in [2.24, 2.45) is 0 Å². The molecule has 0 aromatic heterocycles.